The summed E-state index contributed by atoms with van der Waals surface area (Å²) in [5.74, 6) is 1.29. The molecule has 2 N–H and O–H groups in total. The van der Waals surface area contributed by atoms with Gasteiger partial charge in [-0.3, -0.25) is 14.9 Å². The predicted octanol–water partition coefficient (Wildman–Crippen LogP) is 2.27. The normalized spacial score (nSPS) is 17.7. The van der Waals surface area contributed by atoms with Crippen LogP contribution in [0.4, 0.5) is 5.69 Å². The average Bonchev–Trinajstić information content (AvgIpc) is 2.89. The molecule has 108 valence electrons. The van der Waals surface area contributed by atoms with Crippen LogP contribution in [0, 0.1) is 6.92 Å². The number of benzene rings is 1. The van der Waals surface area contributed by atoms with Gasteiger partial charge in [0.15, 0.2) is 5.96 Å². The van der Waals surface area contributed by atoms with Crippen LogP contribution in [0.15, 0.2) is 47.7 Å². The molecule has 21 heavy (non-hydrogen) atoms. The lowest BCUT2D eigenvalue weighted by molar-refractivity contribution is 0.415. The Labute approximate surface area is 124 Å². The summed E-state index contributed by atoms with van der Waals surface area (Å²) >= 11 is 0. The molecule has 1 aliphatic rings. The maximum absolute atomic E-state index is 6.11. The van der Waals surface area contributed by atoms with Gasteiger partial charge in [-0.15, -0.1) is 0 Å². The van der Waals surface area contributed by atoms with E-state index >= 15 is 0 Å². The van der Waals surface area contributed by atoms with Gasteiger partial charge in [0.1, 0.15) is 5.75 Å². The summed E-state index contributed by atoms with van der Waals surface area (Å²) in [5.41, 5.74) is 9.35. The minimum absolute atomic E-state index is 0.0509. The van der Waals surface area contributed by atoms with E-state index in [-0.39, 0.29) is 6.04 Å². The molecule has 0 aliphatic carbocycles. The molecule has 2 aromatic rings. The highest BCUT2D eigenvalue weighted by molar-refractivity contribution is 5.98. The molecular formula is C16H18N4O. The molecule has 1 aromatic carbocycles. The highest BCUT2D eigenvalue weighted by Gasteiger charge is 2.31. The van der Waals surface area contributed by atoms with E-state index in [1.54, 1.807) is 13.3 Å². The number of aromatic nitrogens is 1. The van der Waals surface area contributed by atoms with E-state index in [4.69, 9.17) is 10.5 Å². The molecule has 0 amide bonds. The predicted molar refractivity (Wildman–Crippen MR) is 83.7 cm³/mol. The molecule has 0 spiro atoms. The fraction of sp³-hybridized carbons (Fsp3) is 0.250. The van der Waals surface area contributed by atoms with Gasteiger partial charge in [0.2, 0.25) is 0 Å². The van der Waals surface area contributed by atoms with Gasteiger partial charge in [-0.2, -0.15) is 0 Å². The molecule has 1 aliphatic heterocycles. The first-order chi connectivity index (χ1) is 10.2. The van der Waals surface area contributed by atoms with Crippen LogP contribution in [0.1, 0.15) is 17.2 Å². The summed E-state index contributed by atoms with van der Waals surface area (Å²) in [6, 6.07) is 9.88. The molecule has 5 nitrogen and oxygen atoms in total. The number of hydrogen-bond acceptors (Lipinski definition) is 5. The first-order valence-corrected chi connectivity index (χ1v) is 6.85. The Morgan fingerprint density at radius 3 is 2.86 bits per heavy atom. The van der Waals surface area contributed by atoms with Crippen LogP contribution < -0.4 is 15.4 Å². The Bertz CT molecular complexity index is 683. The van der Waals surface area contributed by atoms with Crippen molar-refractivity contribution in [2.75, 3.05) is 18.6 Å². The number of aliphatic imine (C=N–C) groups is 1. The topological polar surface area (TPSA) is 63.7 Å². The van der Waals surface area contributed by atoms with Gasteiger partial charge in [-0.1, -0.05) is 12.1 Å². The van der Waals surface area contributed by atoms with Crippen molar-refractivity contribution >= 4 is 11.6 Å². The second kappa shape index (κ2) is 5.44. The van der Waals surface area contributed by atoms with Crippen LogP contribution in [-0.4, -0.2) is 24.6 Å². The average molecular weight is 282 g/mol. The molecule has 0 bridgehead atoms. The van der Waals surface area contributed by atoms with Crippen molar-refractivity contribution in [3.8, 4) is 5.75 Å². The molecule has 0 radical (unpaired) electrons. The van der Waals surface area contributed by atoms with Gasteiger partial charge >= 0.3 is 0 Å². The fourth-order valence-electron chi connectivity index (χ4n) is 2.68. The van der Waals surface area contributed by atoms with Crippen LogP contribution in [0.3, 0.4) is 0 Å². The van der Waals surface area contributed by atoms with Gasteiger partial charge in [0, 0.05) is 12.4 Å². The lowest BCUT2D eigenvalue weighted by atomic mass is 10.0. The van der Waals surface area contributed by atoms with Crippen LogP contribution in [0.25, 0.3) is 0 Å². The number of nitrogens with two attached hydrogens (primary N) is 1. The van der Waals surface area contributed by atoms with Gasteiger partial charge in [0.25, 0.3) is 0 Å². The molecule has 1 atom stereocenters. The standard InChI is InChI=1S/C16H18N4O/c1-11-7-8-18-9-12(11)14-10-19-16(17)20(14)13-5-3-4-6-15(13)21-2/h3-9,14H,10H2,1-2H3,(H2,17,19). The van der Waals surface area contributed by atoms with E-state index < -0.39 is 0 Å². The van der Waals surface area contributed by atoms with Crippen molar-refractivity contribution < 1.29 is 4.74 Å². The summed E-state index contributed by atoms with van der Waals surface area (Å²) in [7, 11) is 1.66. The molecule has 0 fully saturated rings. The van der Waals surface area contributed by atoms with Gasteiger partial charge in [0.05, 0.1) is 25.4 Å². The number of methoxy groups -OCH3 is 1. The lowest BCUT2D eigenvalue weighted by Gasteiger charge is -2.28. The molecule has 1 unspecified atom stereocenters. The maximum Gasteiger partial charge on any atom is 0.196 e. The molecule has 0 saturated carbocycles. The summed E-state index contributed by atoms with van der Waals surface area (Å²) in [5, 5.41) is 0. The van der Waals surface area contributed by atoms with E-state index in [1.807, 2.05) is 41.4 Å². The number of para-hydroxylation sites is 2. The molecule has 2 heterocycles. The third-order valence-electron chi connectivity index (χ3n) is 3.77. The Morgan fingerprint density at radius 1 is 1.29 bits per heavy atom. The minimum atomic E-state index is 0.0509. The largest absolute Gasteiger partial charge is 0.495 e. The van der Waals surface area contributed by atoms with E-state index in [2.05, 4.69) is 16.9 Å². The van der Waals surface area contributed by atoms with Crippen molar-refractivity contribution in [2.24, 2.45) is 10.7 Å². The van der Waals surface area contributed by atoms with E-state index in [0.29, 0.717) is 12.5 Å². The van der Waals surface area contributed by atoms with Gasteiger partial charge in [-0.25, -0.2) is 0 Å². The first-order valence-electron chi connectivity index (χ1n) is 6.85. The number of anilines is 1. The number of guanidine groups is 1. The molecule has 0 saturated heterocycles. The second-order valence-corrected chi connectivity index (χ2v) is 4.99. The van der Waals surface area contributed by atoms with Gasteiger partial charge < -0.3 is 10.5 Å². The zero-order chi connectivity index (χ0) is 14.8. The molecule has 5 heteroatoms. The number of pyridine rings is 1. The van der Waals surface area contributed by atoms with Crippen molar-refractivity contribution in [3.05, 3.63) is 53.9 Å². The maximum atomic E-state index is 6.11. The van der Waals surface area contributed by atoms with Crippen molar-refractivity contribution in [1.29, 1.82) is 0 Å². The Morgan fingerprint density at radius 2 is 2.10 bits per heavy atom. The fourth-order valence-corrected chi connectivity index (χ4v) is 2.68. The number of ether oxygens (including phenoxy) is 1. The van der Waals surface area contributed by atoms with Crippen molar-refractivity contribution in [3.63, 3.8) is 0 Å². The Hall–Kier alpha value is -2.56. The van der Waals surface area contributed by atoms with E-state index in [1.165, 1.54) is 5.56 Å². The summed E-state index contributed by atoms with van der Waals surface area (Å²) in [6.07, 6.45) is 3.68. The van der Waals surface area contributed by atoms with Crippen molar-refractivity contribution in [1.82, 2.24) is 4.98 Å². The van der Waals surface area contributed by atoms with Gasteiger partial charge in [-0.05, 0) is 36.2 Å². The highest BCUT2D eigenvalue weighted by Crippen LogP contribution is 2.37. The molecule has 3 rings (SSSR count). The summed E-state index contributed by atoms with van der Waals surface area (Å²) in [6.45, 7) is 2.70. The molecule has 1 aromatic heterocycles. The van der Waals surface area contributed by atoms with Crippen LogP contribution >= 0.6 is 0 Å². The zero-order valence-electron chi connectivity index (χ0n) is 12.2. The second-order valence-electron chi connectivity index (χ2n) is 4.99. The zero-order valence-corrected chi connectivity index (χ0v) is 12.2. The van der Waals surface area contributed by atoms with E-state index in [9.17, 15) is 0 Å². The SMILES string of the molecule is COc1ccccc1N1C(N)=NCC1c1cnccc1C. The Kier molecular flexibility index (Phi) is 3.48. The minimum Gasteiger partial charge on any atom is -0.495 e. The quantitative estimate of drug-likeness (QED) is 0.938. The highest BCUT2D eigenvalue weighted by atomic mass is 16.5. The van der Waals surface area contributed by atoms with Crippen LogP contribution in [0.2, 0.25) is 0 Å². The first kappa shape index (κ1) is 13.4. The number of rotatable bonds is 3. The number of hydrogen-bond donors (Lipinski definition) is 1. The number of aryl methyl sites for hydroxylation is 1. The third-order valence-corrected chi connectivity index (χ3v) is 3.77. The van der Waals surface area contributed by atoms with Crippen LogP contribution in [-0.2, 0) is 0 Å². The third kappa shape index (κ3) is 2.31. The summed E-state index contributed by atoms with van der Waals surface area (Å²) < 4.78 is 5.45. The summed E-state index contributed by atoms with van der Waals surface area (Å²) in [4.78, 5) is 10.7. The van der Waals surface area contributed by atoms with E-state index in [0.717, 1.165) is 17.0 Å². The lowest BCUT2D eigenvalue weighted by Crippen LogP contribution is -2.36. The Balaban J connectivity index is 2.06. The molecular weight excluding hydrogens is 264 g/mol. The van der Waals surface area contributed by atoms with Crippen molar-refractivity contribution in [2.45, 2.75) is 13.0 Å². The number of nitrogens with zero attached hydrogens (tertiary/aromatic N) is 3. The smallest absolute Gasteiger partial charge is 0.196 e. The monoisotopic (exact) mass is 282 g/mol. The van der Waals surface area contributed by atoms with Crippen LogP contribution in [0.5, 0.6) is 5.75 Å².